The Hall–Kier alpha value is -1.71. The molecule has 0 aliphatic heterocycles. The molecule has 0 heterocycles. The molecule has 82 valence electrons. The lowest BCUT2D eigenvalue weighted by molar-refractivity contribution is -0.118. The summed E-state index contributed by atoms with van der Waals surface area (Å²) in [7, 11) is 1.60. The maximum Gasteiger partial charge on any atom is 0.239 e. The lowest BCUT2D eigenvalue weighted by Gasteiger charge is -2.14. The molecule has 0 aromatic heterocycles. The van der Waals surface area contributed by atoms with Crippen LogP contribution in [0.4, 0.5) is 5.69 Å². The van der Waals surface area contributed by atoms with E-state index < -0.39 is 0 Å². The van der Waals surface area contributed by atoms with Crippen LogP contribution in [0.2, 0.25) is 0 Å². The van der Waals surface area contributed by atoms with Crippen molar-refractivity contribution in [2.24, 2.45) is 5.73 Å². The standard InChI is InChI=1S/C11H16N2O2/c1-3-10(11(12)14)13-8-5-4-6-9(7-8)15-2/h4-7,10,13H,3H2,1-2H3,(H2,12,14). The number of carbonyl (C=O) groups excluding carboxylic acids is 1. The molecule has 1 unspecified atom stereocenters. The Balaban J connectivity index is 2.74. The quantitative estimate of drug-likeness (QED) is 0.768. The summed E-state index contributed by atoms with van der Waals surface area (Å²) in [5, 5.41) is 3.05. The van der Waals surface area contributed by atoms with E-state index in [4.69, 9.17) is 10.5 Å². The minimum Gasteiger partial charge on any atom is -0.497 e. The first kappa shape index (κ1) is 11.4. The average Bonchev–Trinajstić information content (AvgIpc) is 2.25. The Morgan fingerprint density at radius 2 is 2.33 bits per heavy atom. The highest BCUT2D eigenvalue weighted by Crippen LogP contribution is 2.17. The van der Waals surface area contributed by atoms with Crippen LogP contribution in [0.3, 0.4) is 0 Å². The van der Waals surface area contributed by atoms with Gasteiger partial charge in [0.2, 0.25) is 5.91 Å². The summed E-state index contributed by atoms with van der Waals surface area (Å²) >= 11 is 0. The largest absolute Gasteiger partial charge is 0.497 e. The van der Waals surface area contributed by atoms with Crippen molar-refractivity contribution < 1.29 is 9.53 Å². The molecule has 15 heavy (non-hydrogen) atoms. The molecule has 0 aliphatic carbocycles. The molecule has 0 saturated heterocycles. The van der Waals surface area contributed by atoms with Gasteiger partial charge in [-0.1, -0.05) is 13.0 Å². The van der Waals surface area contributed by atoms with Gasteiger partial charge in [0.1, 0.15) is 11.8 Å². The zero-order valence-corrected chi connectivity index (χ0v) is 8.99. The van der Waals surface area contributed by atoms with Crippen LogP contribution in [0, 0.1) is 0 Å². The lowest BCUT2D eigenvalue weighted by atomic mass is 10.2. The van der Waals surface area contributed by atoms with E-state index in [1.807, 2.05) is 31.2 Å². The zero-order valence-electron chi connectivity index (χ0n) is 8.99. The number of hydrogen-bond acceptors (Lipinski definition) is 3. The number of anilines is 1. The van der Waals surface area contributed by atoms with Crippen LogP contribution in [0.5, 0.6) is 5.75 Å². The van der Waals surface area contributed by atoms with E-state index in [2.05, 4.69) is 5.32 Å². The molecule has 1 aromatic carbocycles. The third kappa shape index (κ3) is 3.16. The third-order valence-electron chi connectivity index (χ3n) is 2.16. The average molecular weight is 208 g/mol. The second-order valence-electron chi connectivity index (χ2n) is 3.24. The van der Waals surface area contributed by atoms with Crippen LogP contribution in [0.15, 0.2) is 24.3 Å². The van der Waals surface area contributed by atoms with Gasteiger partial charge in [-0.25, -0.2) is 0 Å². The number of benzene rings is 1. The van der Waals surface area contributed by atoms with Gasteiger partial charge in [0, 0.05) is 11.8 Å². The molecule has 0 radical (unpaired) electrons. The van der Waals surface area contributed by atoms with Gasteiger partial charge in [0.05, 0.1) is 7.11 Å². The molecule has 3 N–H and O–H groups in total. The molecule has 1 atom stereocenters. The fraction of sp³-hybridized carbons (Fsp3) is 0.364. The highest BCUT2D eigenvalue weighted by atomic mass is 16.5. The zero-order chi connectivity index (χ0) is 11.3. The second-order valence-corrected chi connectivity index (χ2v) is 3.24. The Kier molecular flexibility index (Phi) is 3.97. The maximum atomic E-state index is 11.0. The van der Waals surface area contributed by atoms with Gasteiger partial charge in [0.15, 0.2) is 0 Å². The first-order valence-electron chi connectivity index (χ1n) is 4.87. The molecule has 0 spiro atoms. The third-order valence-corrected chi connectivity index (χ3v) is 2.16. The fourth-order valence-corrected chi connectivity index (χ4v) is 1.29. The highest BCUT2D eigenvalue weighted by molar-refractivity contribution is 5.82. The number of hydrogen-bond donors (Lipinski definition) is 2. The van der Waals surface area contributed by atoms with E-state index in [1.165, 1.54) is 0 Å². The van der Waals surface area contributed by atoms with Crippen molar-refractivity contribution in [1.29, 1.82) is 0 Å². The van der Waals surface area contributed by atoms with Crippen molar-refractivity contribution in [1.82, 2.24) is 0 Å². The number of amides is 1. The second kappa shape index (κ2) is 5.24. The van der Waals surface area contributed by atoms with Crippen molar-refractivity contribution >= 4 is 11.6 Å². The summed E-state index contributed by atoms with van der Waals surface area (Å²) in [6.45, 7) is 1.91. The maximum absolute atomic E-state index is 11.0. The number of nitrogens with one attached hydrogen (secondary N) is 1. The summed E-state index contributed by atoms with van der Waals surface area (Å²) in [4.78, 5) is 11.0. The van der Waals surface area contributed by atoms with Gasteiger partial charge in [0.25, 0.3) is 0 Å². The molecule has 0 saturated carbocycles. The number of nitrogens with two attached hydrogens (primary N) is 1. The number of rotatable bonds is 5. The summed E-state index contributed by atoms with van der Waals surface area (Å²) < 4.78 is 5.07. The van der Waals surface area contributed by atoms with E-state index in [1.54, 1.807) is 7.11 Å². The minimum atomic E-state index is -0.347. The van der Waals surface area contributed by atoms with Crippen molar-refractivity contribution in [2.45, 2.75) is 19.4 Å². The summed E-state index contributed by atoms with van der Waals surface area (Å²) in [5.74, 6) is 0.402. The molecule has 4 heteroatoms. The Labute approximate surface area is 89.4 Å². The molecule has 0 fully saturated rings. The van der Waals surface area contributed by atoms with Gasteiger partial charge in [-0.15, -0.1) is 0 Å². The summed E-state index contributed by atoms with van der Waals surface area (Å²) in [6.07, 6.45) is 0.659. The SMILES string of the molecule is CCC(Nc1cccc(OC)c1)C(N)=O. The van der Waals surface area contributed by atoms with Gasteiger partial charge < -0.3 is 15.8 Å². The molecular weight excluding hydrogens is 192 g/mol. The van der Waals surface area contributed by atoms with Crippen LogP contribution in [0.25, 0.3) is 0 Å². The number of carbonyl (C=O) groups is 1. The predicted octanol–water partition coefficient (Wildman–Crippen LogP) is 1.37. The van der Waals surface area contributed by atoms with E-state index in [0.29, 0.717) is 6.42 Å². The first-order valence-corrected chi connectivity index (χ1v) is 4.87. The molecule has 1 rings (SSSR count). The molecule has 4 nitrogen and oxygen atoms in total. The van der Waals surface area contributed by atoms with Gasteiger partial charge in [-0.3, -0.25) is 4.79 Å². The highest BCUT2D eigenvalue weighted by Gasteiger charge is 2.11. The molecule has 1 aromatic rings. The van der Waals surface area contributed by atoms with Crippen LogP contribution in [-0.2, 0) is 4.79 Å². The van der Waals surface area contributed by atoms with E-state index in [0.717, 1.165) is 11.4 Å². The van der Waals surface area contributed by atoms with Crippen molar-refractivity contribution in [2.75, 3.05) is 12.4 Å². The van der Waals surface area contributed by atoms with Gasteiger partial charge >= 0.3 is 0 Å². The van der Waals surface area contributed by atoms with Crippen molar-refractivity contribution in [3.63, 3.8) is 0 Å². The van der Waals surface area contributed by atoms with E-state index in [9.17, 15) is 4.79 Å². The van der Waals surface area contributed by atoms with E-state index >= 15 is 0 Å². The predicted molar refractivity (Wildman–Crippen MR) is 59.9 cm³/mol. The normalized spacial score (nSPS) is 11.9. The smallest absolute Gasteiger partial charge is 0.239 e. The Morgan fingerprint density at radius 3 is 2.87 bits per heavy atom. The number of primary amides is 1. The van der Waals surface area contributed by atoms with Crippen LogP contribution in [0.1, 0.15) is 13.3 Å². The minimum absolute atomic E-state index is 0.336. The molecule has 0 bridgehead atoms. The fourth-order valence-electron chi connectivity index (χ4n) is 1.29. The lowest BCUT2D eigenvalue weighted by Crippen LogP contribution is -2.34. The first-order chi connectivity index (χ1) is 7.17. The van der Waals surface area contributed by atoms with Crippen LogP contribution < -0.4 is 15.8 Å². The van der Waals surface area contributed by atoms with Crippen LogP contribution in [-0.4, -0.2) is 19.1 Å². The molecule has 1 amide bonds. The summed E-state index contributed by atoms with van der Waals surface area (Å²) in [6, 6.07) is 7.06. The Bertz CT molecular complexity index is 339. The van der Waals surface area contributed by atoms with Gasteiger partial charge in [-0.05, 0) is 18.6 Å². The molecule has 0 aliphatic rings. The number of ether oxygens (including phenoxy) is 1. The Morgan fingerprint density at radius 1 is 1.60 bits per heavy atom. The topological polar surface area (TPSA) is 64.3 Å². The monoisotopic (exact) mass is 208 g/mol. The van der Waals surface area contributed by atoms with Crippen molar-refractivity contribution in [3.8, 4) is 5.75 Å². The summed E-state index contributed by atoms with van der Waals surface area (Å²) in [5.41, 5.74) is 6.07. The van der Waals surface area contributed by atoms with Crippen molar-refractivity contribution in [3.05, 3.63) is 24.3 Å². The van der Waals surface area contributed by atoms with Crippen LogP contribution >= 0.6 is 0 Å². The molecular formula is C11H16N2O2. The van der Waals surface area contributed by atoms with E-state index in [-0.39, 0.29) is 11.9 Å². The van der Waals surface area contributed by atoms with Gasteiger partial charge in [-0.2, -0.15) is 0 Å². The number of methoxy groups -OCH3 is 1.